The summed E-state index contributed by atoms with van der Waals surface area (Å²) in [7, 11) is -2.80. The van der Waals surface area contributed by atoms with Crippen LogP contribution in [-0.4, -0.2) is 33.5 Å². The topological polar surface area (TPSA) is 46.2 Å². The Morgan fingerprint density at radius 3 is 2.08 bits per heavy atom. The first-order chi connectivity index (χ1) is 5.71. The first-order valence-corrected chi connectivity index (χ1v) is 6.65. The first kappa shape index (κ1) is 12.9. The summed E-state index contributed by atoms with van der Waals surface area (Å²) >= 11 is 0. The summed E-state index contributed by atoms with van der Waals surface area (Å²) in [5.74, 6) is 0.233. The van der Waals surface area contributed by atoms with Gasteiger partial charge >= 0.3 is 0 Å². The molecule has 0 saturated heterocycles. The molecule has 4 heteroatoms. The van der Waals surface area contributed by atoms with Crippen molar-refractivity contribution in [3.8, 4) is 0 Å². The molecule has 0 spiro atoms. The van der Waals surface area contributed by atoms with Crippen molar-refractivity contribution in [1.82, 2.24) is 5.32 Å². The summed E-state index contributed by atoms with van der Waals surface area (Å²) in [4.78, 5) is 0. The zero-order valence-corrected chi connectivity index (χ0v) is 9.87. The van der Waals surface area contributed by atoms with Gasteiger partial charge < -0.3 is 5.32 Å². The summed E-state index contributed by atoms with van der Waals surface area (Å²) in [6, 6.07) is 0. The lowest BCUT2D eigenvalue weighted by atomic mass is 9.92. The fraction of sp³-hybridized carbons (Fsp3) is 1.00. The van der Waals surface area contributed by atoms with Crippen molar-refractivity contribution in [2.24, 2.45) is 5.41 Å². The minimum Gasteiger partial charge on any atom is -0.316 e. The van der Waals surface area contributed by atoms with E-state index >= 15 is 0 Å². The van der Waals surface area contributed by atoms with Gasteiger partial charge in [0.2, 0.25) is 0 Å². The standard InChI is InChI=1S/C9H21NO2S/c1-9(2,3)5-6-10-7-8-13(4,11)12/h10H,5-8H2,1-4H3. The summed E-state index contributed by atoms with van der Waals surface area (Å²) in [6.45, 7) is 7.97. The van der Waals surface area contributed by atoms with Crippen molar-refractivity contribution in [1.29, 1.82) is 0 Å². The predicted molar refractivity (Wildman–Crippen MR) is 56.7 cm³/mol. The monoisotopic (exact) mass is 207 g/mol. The third kappa shape index (κ3) is 11.9. The number of sulfone groups is 1. The molecular formula is C9H21NO2S. The maximum Gasteiger partial charge on any atom is 0.148 e. The molecule has 0 aliphatic heterocycles. The van der Waals surface area contributed by atoms with Crippen molar-refractivity contribution in [3.63, 3.8) is 0 Å². The minimum absolute atomic E-state index is 0.233. The maximum absolute atomic E-state index is 10.8. The highest BCUT2D eigenvalue weighted by Crippen LogP contribution is 2.16. The molecule has 0 aromatic carbocycles. The Labute approximate surface area is 81.8 Å². The number of hydrogen-bond acceptors (Lipinski definition) is 3. The Morgan fingerprint density at radius 1 is 1.15 bits per heavy atom. The molecule has 0 unspecified atom stereocenters. The van der Waals surface area contributed by atoms with Crippen molar-refractivity contribution >= 4 is 9.84 Å². The Balaban J connectivity index is 3.39. The third-order valence-electron chi connectivity index (χ3n) is 1.70. The largest absolute Gasteiger partial charge is 0.316 e. The Morgan fingerprint density at radius 2 is 1.69 bits per heavy atom. The number of rotatable bonds is 5. The van der Waals surface area contributed by atoms with Crippen LogP contribution in [0.1, 0.15) is 27.2 Å². The molecule has 80 valence electrons. The van der Waals surface area contributed by atoms with Crippen molar-refractivity contribution in [2.45, 2.75) is 27.2 Å². The molecule has 0 bridgehead atoms. The number of nitrogens with one attached hydrogen (secondary N) is 1. The van der Waals surface area contributed by atoms with E-state index < -0.39 is 9.84 Å². The van der Waals surface area contributed by atoms with Crippen LogP contribution in [0.4, 0.5) is 0 Å². The maximum atomic E-state index is 10.8. The molecule has 3 nitrogen and oxygen atoms in total. The van der Waals surface area contributed by atoms with Gasteiger partial charge in [-0.1, -0.05) is 20.8 Å². The van der Waals surface area contributed by atoms with Crippen LogP contribution < -0.4 is 5.32 Å². The van der Waals surface area contributed by atoms with Crippen LogP contribution in [0.2, 0.25) is 0 Å². The molecule has 0 aliphatic carbocycles. The average Bonchev–Trinajstić information content (AvgIpc) is 1.81. The van der Waals surface area contributed by atoms with E-state index in [0.717, 1.165) is 13.0 Å². The second-order valence-corrected chi connectivity index (χ2v) is 6.95. The van der Waals surface area contributed by atoms with Crippen LogP contribution >= 0.6 is 0 Å². The molecule has 0 aromatic rings. The van der Waals surface area contributed by atoms with E-state index in [2.05, 4.69) is 26.1 Å². The van der Waals surface area contributed by atoms with Crippen LogP contribution in [0.3, 0.4) is 0 Å². The van der Waals surface area contributed by atoms with Crippen LogP contribution in [0.5, 0.6) is 0 Å². The Bertz CT molecular complexity index is 226. The highest BCUT2D eigenvalue weighted by atomic mass is 32.2. The summed E-state index contributed by atoms with van der Waals surface area (Å²) in [5.41, 5.74) is 0.318. The zero-order valence-electron chi connectivity index (χ0n) is 9.05. The molecule has 1 N–H and O–H groups in total. The first-order valence-electron chi connectivity index (χ1n) is 4.59. The molecule has 0 aromatic heterocycles. The second kappa shape index (κ2) is 4.96. The van der Waals surface area contributed by atoms with E-state index in [0.29, 0.717) is 12.0 Å². The lowest BCUT2D eigenvalue weighted by Gasteiger charge is -2.17. The van der Waals surface area contributed by atoms with Crippen LogP contribution in [0.15, 0.2) is 0 Å². The summed E-state index contributed by atoms with van der Waals surface area (Å²) in [6.07, 6.45) is 2.33. The zero-order chi connectivity index (χ0) is 10.5. The molecule has 0 aliphatic rings. The van der Waals surface area contributed by atoms with Crippen molar-refractivity contribution < 1.29 is 8.42 Å². The van der Waals surface area contributed by atoms with Crippen LogP contribution in [-0.2, 0) is 9.84 Å². The van der Waals surface area contributed by atoms with E-state index in [-0.39, 0.29) is 5.75 Å². The van der Waals surface area contributed by atoms with E-state index in [9.17, 15) is 8.42 Å². The van der Waals surface area contributed by atoms with Gasteiger partial charge in [0.1, 0.15) is 9.84 Å². The fourth-order valence-electron chi connectivity index (χ4n) is 0.846. The van der Waals surface area contributed by atoms with E-state index in [4.69, 9.17) is 0 Å². The van der Waals surface area contributed by atoms with E-state index in [1.807, 2.05) is 0 Å². The third-order valence-corrected chi connectivity index (χ3v) is 2.65. The molecule has 0 amide bonds. The van der Waals surface area contributed by atoms with Gasteiger partial charge in [-0.2, -0.15) is 0 Å². The molecule has 0 rings (SSSR count). The Kier molecular flexibility index (Phi) is 4.92. The normalized spacial score (nSPS) is 13.2. The lowest BCUT2D eigenvalue weighted by molar-refractivity contribution is 0.369. The van der Waals surface area contributed by atoms with Crippen LogP contribution in [0, 0.1) is 5.41 Å². The Hall–Kier alpha value is -0.0900. The molecule has 0 heterocycles. The van der Waals surface area contributed by atoms with Crippen LogP contribution in [0.25, 0.3) is 0 Å². The highest BCUT2D eigenvalue weighted by molar-refractivity contribution is 7.90. The summed E-state index contributed by atoms with van der Waals surface area (Å²) < 4.78 is 21.5. The summed E-state index contributed by atoms with van der Waals surface area (Å²) in [5, 5.41) is 3.12. The minimum atomic E-state index is -2.80. The molecular weight excluding hydrogens is 186 g/mol. The van der Waals surface area contributed by atoms with Gasteiger partial charge in [0.15, 0.2) is 0 Å². The lowest BCUT2D eigenvalue weighted by Crippen LogP contribution is -2.25. The van der Waals surface area contributed by atoms with E-state index in [1.54, 1.807) is 0 Å². The number of hydrogen-bond donors (Lipinski definition) is 1. The average molecular weight is 207 g/mol. The quantitative estimate of drug-likeness (QED) is 0.686. The van der Waals surface area contributed by atoms with Gasteiger partial charge in [-0.25, -0.2) is 8.42 Å². The predicted octanol–water partition coefficient (Wildman–Crippen LogP) is 1.06. The van der Waals surface area contributed by atoms with E-state index in [1.165, 1.54) is 6.26 Å². The molecule has 0 atom stereocenters. The van der Waals surface area contributed by atoms with Gasteiger partial charge in [0, 0.05) is 12.8 Å². The SMILES string of the molecule is CC(C)(C)CCNCCS(C)(=O)=O. The molecule has 13 heavy (non-hydrogen) atoms. The smallest absolute Gasteiger partial charge is 0.148 e. The van der Waals surface area contributed by atoms with Gasteiger partial charge in [-0.15, -0.1) is 0 Å². The fourth-order valence-corrected chi connectivity index (χ4v) is 1.36. The molecule has 0 saturated carbocycles. The highest BCUT2D eigenvalue weighted by Gasteiger charge is 2.09. The van der Waals surface area contributed by atoms with Gasteiger partial charge in [0.05, 0.1) is 5.75 Å². The van der Waals surface area contributed by atoms with Gasteiger partial charge in [-0.05, 0) is 18.4 Å². The van der Waals surface area contributed by atoms with Crippen molar-refractivity contribution in [3.05, 3.63) is 0 Å². The molecule has 0 radical (unpaired) electrons. The van der Waals surface area contributed by atoms with Gasteiger partial charge in [0.25, 0.3) is 0 Å². The van der Waals surface area contributed by atoms with Crippen molar-refractivity contribution in [2.75, 3.05) is 25.1 Å². The van der Waals surface area contributed by atoms with Gasteiger partial charge in [-0.3, -0.25) is 0 Å². The second-order valence-electron chi connectivity index (χ2n) is 4.69. The molecule has 0 fully saturated rings.